The number of hydrogen-bond donors (Lipinski definition) is 2. The average molecular weight is 462 g/mol. The fourth-order valence-electron chi connectivity index (χ4n) is 3.61. The minimum Gasteiger partial charge on any atom is -0.383 e. The third-order valence-corrected chi connectivity index (χ3v) is 6.41. The monoisotopic (exact) mass is 461 g/mol. The number of hydrogen-bond acceptors (Lipinski definition) is 5. The van der Waals surface area contributed by atoms with E-state index in [2.05, 4.69) is 31.1 Å². The number of aromatic nitrogens is 3. The molecule has 8 heteroatoms. The van der Waals surface area contributed by atoms with Gasteiger partial charge in [0.2, 0.25) is 0 Å². The smallest absolute Gasteiger partial charge is 0.271 e. The van der Waals surface area contributed by atoms with Crippen molar-refractivity contribution in [2.45, 2.75) is 31.3 Å². The summed E-state index contributed by atoms with van der Waals surface area (Å²) in [6.45, 7) is 5.52. The lowest BCUT2D eigenvalue weighted by Crippen LogP contribution is -2.17. The van der Waals surface area contributed by atoms with Crippen LogP contribution in [0.2, 0.25) is 0 Å². The SMILES string of the molecule is COCCn1c(C)cc(/C=N/NC(=O)c2ccc(CSc3nc4ccccc4[nH]3)cc2)c1C. The highest BCUT2D eigenvalue weighted by atomic mass is 32.2. The van der Waals surface area contributed by atoms with Crippen LogP contribution in [-0.4, -0.2) is 40.4 Å². The molecule has 0 bridgehead atoms. The highest BCUT2D eigenvalue weighted by Crippen LogP contribution is 2.23. The molecule has 0 aliphatic heterocycles. The molecule has 0 atom stereocenters. The van der Waals surface area contributed by atoms with E-state index in [1.54, 1.807) is 25.1 Å². The number of hydrazone groups is 1. The van der Waals surface area contributed by atoms with Crippen molar-refractivity contribution in [1.29, 1.82) is 0 Å². The number of fused-ring (bicyclic) bond motifs is 1. The summed E-state index contributed by atoms with van der Waals surface area (Å²) < 4.78 is 7.34. The number of ether oxygens (including phenoxy) is 1. The Morgan fingerprint density at radius 3 is 2.76 bits per heavy atom. The molecule has 170 valence electrons. The number of para-hydroxylation sites is 2. The minimum atomic E-state index is -0.240. The van der Waals surface area contributed by atoms with Gasteiger partial charge in [-0.15, -0.1) is 0 Å². The molecule has 0 fully saturated rings. The fourth-order valence-corrected chi connectivity index (χ4v) is 4.45. The van der Waals surface area contributed by atoms with Crippen LogP contribution < -0.4 is 5.43 Å². The van der Waals surface area contributed by atoms with Gasteiger partial charge in [-0.3, -0.25) is 4.79 Å². The zero-order valence-corrected chi connectivity index (χ0v) is 19.8. The number of imidazole rings is 1. The van der Waals surface area contributed by atoms with Gasteiger partial charge >= 0.3 is 0 Å². The number of benzene rings is 2. The Hall–Kier alpha value is -3.36. The summed E-state index contributed by atoms with van der Waals surface area (Å²) >= 11 is 1.63. The number of aryl methyl sites for hydroxylation is 1. The van der Waals surface area contributed by atoms with Crippen LogP contribution >= 0.6 is 11.8 Å². The van der Waals surface area contributed by atoms with Crippen molar-refractivity contribution in [3.8, 4) is 0 Å². The number of H-pyrrole nitrogens is 1. The van der Waals surface area contributed by atoms with Crippen LogP contribution in [0.25, 0.3) is 11.0 Å². The maximum absolute atomic E-state index is 12.5. The van der Waals surface area contributed by atoms with Gasteiger partial charge in [0, 0.05) is 41.9 Å². The third kappa shape index (κ3) is 5.53. The van der Waals surface area contributed by atoms with E-state index in [-0.39, 0.29) is 5.91 Å². The Bertz CT molecular complexity index is 1240. The summed E-state index contributed by atoms with van der Waals surface area (Å²) in [6.07, 6.45) is 1.68. The molecule has 0 aliphatic rings. The topological polar surface area (TPSA) is 84.3 Å². The Balaban J connectivity index is 1.32. The molecule has 1 amide bonds. The predicted octanol–water partition coefficient (Wildman–Crippen LogP) is 4.68. The van der Waals surface area contributed by atoms with Crippen LogP contribution in [0.5, 0.6) is 0 Å². The zero-order valence-electron chi connectivity index (χ0n) is 19.0. The van der Waals surface area contributed by atoms with Crippen LogP contribution in [0.4, 0.5) is 0 Å². The number of rotatable bonds is 9. The molecule has 4 aromatic rings. The lowest BCUT2D eigenvalue weighted by molar-refractivity contribution is 0.0955. The van der Waals surface area contributed by atoms with Crippen molar-refractivity contribution in [3.63, 3.8) is 0 Å². The number of aromatic amines is 1. The molecule has 33 heavy (non-hydrogen) atoms. The summed E-state index contributed by atoms with van der Waals surface area (Å²) in [6, 6.07) is 17.6. The first kappa shape index (κ1) is 22.8. The van der Waals surface area contributed by atoms with Crippen LogP contribution in [0.15, 0.2) is 64.9 Å². The van der Waals surface area contributed by atoms with Gasteiger partial charge in [0.1, 0.15) is 0 Å². The Morgan fingerprint density at radius 1 is 1.21 bits per heavy atom. The summed E-state index contributed by atoms with van der Waals surface area (Å²) in [5.74, 6) is 0.523. The Morgan fingerprint density at radius 2 is 2.00 bits per heavy atom. The average Bonchev–Trinajstić information content (AvgIpc) is 3.36. The molecule has 2 aromatic heterocycles. The van der Waals surface area contributed by atoms with Crippen LogP contribution in [0.1, 0.15) is 32.9 Å². The molecule has 0 saturated heterocycles. The van der Waals surface area contributed by atoms with E-state index >= 15 is 0 Å². The van der Waals surface area contributed by atoms with Gasteiger partial charge in [-0.05, 0) is 49.7 Å². The third-order valence-electron chi connectivity index (χ3n) is 5.46. The first-order valence-corrected chi connectivity index (χ1v) is 11.7. The van der Waals surface area contributed by atoms with Crippen LogP contribution in [0.3, 0.4) is 0 Å². The van der Waals surface area contributed by atoms with E-state index in [1.807, 2.05) is 62.4 Å². The van der Waals surface area contributed by atoms with E-state index in [0.29, 0.717) is 12.2 Å². The van der Waals surface area contributed by atoms with Crippen LogP contribution in [-0.2, 0) is 17.0 Å². The number of amides is 1. The second kappa shape index (κ2) is 10.5. The summed E-state index contributed by atoms with van der Waals surface area (Å²) in [5.41, 5.74) is 9.49. The van der Waals surface area contributed by atoms with E-state index in [1.165, 1.54) is 0 Å². The second-order valence-corrected chi connectivity index (χ2v) is 8.68. The fraction of sp³-hybridized carbons (Fsp3) is 0.240. The van der Waals surface area contributed by atoms with Gasteiger partial charge in [0.25, 0.3) is 5.91 Å². The first-order valence-electron chi connectivity index (χ1n) is 10.7. The normalized spacial score (nSPS) is 11.5. The molecule has 0 saturated carbocycles. The number of methoxy groups -OCH3 is 1. The zero-order chi connectivity index (χ0) is 23.2. The summed E-state index contributed by atoms with van der Waals surface area (Å²) in [4.78, 5) is 20.4. The molecule has 2 heterocycles. The van der Waals surface area contributed by atoms with Gasteiger partial charge in [-0.2, -0.15) is 5.10 Å². The van der Waals surface area contributed by atoms with Gasteiger partial charge in [-0.25, -0.2) is 10.4 Å². The van der Waals surface area contributed by atoms with Gasteiger partial charge in [0.15, 0.2) is 5.16 Å². The molecule has 4 rings (SSSR count). The molecule has 2 N–H and O–H groups in total. The standard InChI is InChI=1S/C25H27N5O2S/c1-17-14-21(18(2)30(17)12-13-32-3)15-26-29-24(31)20-10-8-19(9-11-20)16-33-25-27-22-6-4-5-7-23(22)28-25/h4-11,14-15H,12-13,16H2,1-3H3,(H,27,28)(H,29,31)/b26-15+. The van der Waals surface area contributed by atoms with Crippen LogP contribution in [0, 0.1) is 13.8 Å². The van der Waals surface area contributed by atoms with Gasteiger partial charge < -0.3 is 14.3 Å². The van der Waals surface area contributed by atoms with Crippen molar-refractivity contribution in [2.75, 3.05) is 13.7 Å². The minimum absolute atomic E-state index is 0.240. The predicted molar refractivity (Wildman–Crippen MR) is 133 cm³/mol. The van der Waals surface area contributed by atoms with Crippen molar-refractivity contribution in [1.82, 2.24) is 20.0 Å². The van der Waals surface area contributed by atoms with Crippen molar-refractivity contribution in [2.24, 2.45) is 5.10 Å². The summed E-state index contributed by atoms with van der Waals surface area (Å²) in [7, 11) is 1.69. The van der Waals surface area contributed by atoms with Crippen molar-refractivity contribution >= 4 is 34.9 Å². The maximum atomic E-state index is 12.5. The molecule has 0 unspecified atom stereocenters. The number of carbonyl (C=O) groups is 1. The lowest BCUT2D eigenvalue weighted by Gasteiger charge is -2.08. The molecule has 7 nitrogen and oxygen atoms in total. The highest BCUT2D eigenvalue weighted by Gasteiger charge is 2.09. The first-order chi connectivity index (χ1) is 16.0. The lowest BCUT2D eigenvalue weighted by atomic mass is 10.1. The molecule has 2 aromatic carbocycles. The molecule has 0 aliphatic carbocycles. The van der Waals surface area contributed by atoms with E-state index in [0.717, 1.165) is 51.0 Å². The maximum Gasteiger partial charge on any atom is 0.271 e. The number of carbonyl (C=O) groups excluding carboxylic acids is 1. The molecule has 0 spiro atoms. The second-order valence-electron chi connectivity index (χ2n) is 7.71. The largest absolute Gasteiger partial charge is 0.383 e. The Labute approximate surface area is 197 Å². The number of nitrogens with zero attached hydrogens (tertiary/aromatic N) is 3. The van der Waals surface area contributed by atoms with E-state index in [4.69, 9.17) is 4.74 Å². The summed E-state index contributed by atoms with van der Waals surface area (Å²) in [5, 5.41) is 5.03. The van der Waals surface area contributed by atoms with Gasteiger partial charge in [-0.1, -0.05) is 36.0 Å². The quantitative estimate of drug-likeness (QED) is 0.215. The van der Waals surface area contributed by atoms with E-state index < -0.39 is 0 Å². The van der Waals surface area contributed by atoms with Crippen molar-refractivity contribution < 1.29 is 9.53 Å². The van der Waals surface area contributed by atoms with Gasteiger partial charge in [0.05, 0.1) is 23.9 Å². The molecular formula is C25H27N5O2S. The molecule has 0 radical (unpaired) electrons. The Kier molecular flexibility index (Phi) is 7.26. The molecular weight excluding hydrogens is 434 g/mol. The number of nitrogens with one attached hydrogen (secondary N) is 2. The van der Waals surface area contributed by atoms with E-state index in [9.17, 15) is 4.79 Å². The highest BCUT2D eigenvalue weighted by molar-refractivity contribution is 7.98. The number of thioether (sulfide) groups is 1. The van der Waals surface area contributed by atoms with Crippen molar-refractivity contribution in [3.05, 3.63) is 82.7 Å².